The first kappa shape index (κ1) is 14.0. The molecule has 0 saturated heterocycles. The predicted molar refractivity (Wildman–Crippen MR) is 74.8 cm³/mol. The molecule has 0 saturated carbocycles. The van der Waals surface area contributed by atoms with E-state index < -0.39 is 5.54 Å². The molecule has 0 aromatic heterocycles. The number of carbonyl (C=O) groups is 1. The third-order valence-electron chi connectivity index (χ3n) is 3.97. The molecule has 1 heterocycles. The van der Waals surface area contributed by atoms with E-state index in [1.807, 2.05) is 38.1 Å². The molecule has 1 aliphatic heterocycles. The van der Waals surface area contributed by atoms with Gasteiger partial charge >= 0.3 is 0 Å². The molecule has 0 bridgehead atoms. The van der Waals surface area contributed by atoms with E-state index >= 15 is 0 Å². The number of aliphatic hydroxyl groups is 1. The highest BCUT2D eigenvalue weighted by atomic mass is 16.3. The van der Waals surface area contributed by atoms with Crippen LogP contribution in [0.3, 0.4) is 0 Å². The van der Waals surface area contributed by atoms with Gasteiger partial charge in [0.25, 0.3) is 0 Å². The Hall–Kier alpha value is -1.39. The number of hydrogen-bond donors (Lipinski definition) is 3. The Kier molecular flexibility index (Phi) is 4.22. The summed E-state index contributed by atoms with van der Waals surface area (Å²) < 4.78 is 0. The van der Waals surface area contributed by atoms with Crippen molar-refractivity contribution >= 4 is 5.91 Å². The van der Waals surface area contributed by atoms with Crippen molar-refractivity contribution in [3.8, 4) is 0 Å². The summed E-state index contributed by atoms with van der Waals surface area (Å²) in [4.78, 5) is 12.4. The second-order valence-corrected chi connectivity index (χ2v) is 5.44. The number of nitrogens with one attached hydrogen (secondary N) is 2. The van der Waals surface area contributed by atoms with E-state index in [4.69, 9.17) is 0 Å². The Labute approximate surface area is 114 Å². The minimum absolute atomic E-state index is 0.0157. The highest BCUT2D eigenvalue weighted by Gasteiger charge is 2.31. The number of benzene rings is 1. The lowest BCUT2D eigenvalue weighted by atomic mass is 9.89. The van der Waals surface area contributed by atoms with Crippen LogP contribution in [0.15, 0.2) is 24.3 Å². The maximum atomic E-state index is 12.4. The highest BCUT2D eigenvalue weighted by Crippen LogP contribution is 2.24. The average molecular weight is 262 g/mol. The zero-order valence-corrected chi connectivity index (χ0v) is 11.6. The first-order valence-corrected chi connectivity index (χ1v) is 6.81. The fourth-order valence-corrected chi connectivity index (χ4v) is 2.35. The smallest absolute Gasteiger partial charge is 0.229 e. The van der Waals surface area contributed by atoms with Crippen molar-refractivity contribution in [1.82, 2.24) is 10.6 Å². The van der Waals surface area contributed by atoms with Gasteiger partial charge in [0.05, 0.1) is 18.1 Å². The Morgan fingerprint density at radius 2 is 2.26 bits per heavy atom. The first-order chi connectivity index (χ1) is 9.09. The number of rotatable bonds is 4. The van der Waals surface area contributed by atoms with Gasteiger partial charge in [-0.2, -0.15) is 0 Å². The van der Waals surface area contributed by atoms with Crippen LogP contribution in [-0.2, 0) is 11.3 Å². The van der Waals surface area contributed by atoms with Crippen molar-refractivity contribution in [3.05, 3.63) is 35.4 Å². The van der Waals surface area contributed by atoms with E-state index in [1.54, 1.807) is 0 Å². The maximum Gasteiger partial charge on any atom is 0.229 e. The molecule has 1 amide bonds. The number of aliphatic hydroxyl groups excluding tert-OH is 1. The zero-order valence-electron chi connectivity index (χ0n) is 11.6. The number of hydrogen-bond acceptors (Lipinski definition) is 3. The van der Waals surface area contributed by atoms with Crippen molar-refractivity contribution in [1.29, 1.82) is 0 Å². The molecule has 19 heavy (non-hydrogen) atoms. The van der Waals surface area contributed by atoms with Crippen LogP contribution < -0.4 is 10.6 Å². The SMILES string of the molecule is CCC(C)(CO)NC(=O)C1CNCc2ccccc21. The summed E-state index contributed by atoms with van der Waals surface area (Å²) in [6.45, 7) is 5.24. The summed E-state index contributed by atoms with van der Waals surface area (Å²) in [6.07, 6.45) is 0.705. The summed E-state index contributed by atoms with van der Waals surface area (Å²) in [7, 11) is 0. The summed E-state index contributed by atoms with van der Waals surface area (Å²) in [6, 6.07) is 8.02. The lowest BCUT2D eigenvalue weighted by Crippen LogP contribution is -2.51. The lowest BCUT2D eigenvalue weighted by Gasteiger charge is -2.32. The Bertz CT molecular complexity index is 455. The molecule has 0 fully saturated rings. The molecule has 1 aliphatic rings. The average Bonchev–Trinajstić information content (AvgIpc) is 2.46. The van der Waals surface area contributed by atoms with E-state index in [0.29, 0.717) is 13.0 Å². The van der Waals surface area contributed by atoms with Gasteiger partial charge in [0.2, 0.25) is 5.91 Å². The van der Waals surface area contributed by atoms with Gasteiger partial charge in [-0.05, 0) is 24.5 Å². The van der Waals surface area contributed by atoms with Crippen molar-refractivity contribution in [3.63, 3.8) is 0 Å². The molecule has 4 heteroatoms. The lowest BCUT2D eigenvalue weighted by molar-refractivity contribution is -0.125. The van der Waals surface area contributed by atoms with Crippen molar-refractivity contribution in [2.75, 3.05) is 13.2 Å². The Morgan fingerprint density at radius 3 is 2.95 bits per heavy atom. The minimum Gasteiger partial charge on any atom is -0.394 e. The molecule has 2 unspecified atom stereocenters. The fraction of sp³-hybridized carbons (Fsp3) is 0.533. The van der Waals surface area contributed by atoms with Gasteiger partial charge in [-0.1, -0.05) is 31.2 Å². The molecule has 0 aliphatic carbocycles. The standard InChI is InChI=1S/C15H22N2O2/c1-3-15(2,10-18)17-14(19)13-9-16-8-11-6-4-5-7-12(11)13/h4-7,13,16,18H,3,8-10H2,1-2H3,(H,17,19). The summed E-state index contributed by atoms with van der Waals surface area (Å²) in [5.74, 6) is -0.194. The van der Waals surface area contributed by atoms with Crippen LogP contribution in [0, 0.1) is 0 Å². The molecule has 3 N–H and O–H groups in total. The van der Waals surface area contributed by atoms with Crippen LogP contribution in [0.25, 0.3) is 0 Å². The molecule has 2 rings (SSSR count). The fourth-order valence-electron chi connectivity index (χ4n) is 2.35. The minimum atomic E-state index is -0.538. The number of carbonyl (C=O) groups excluding carboxylic acids is 1. The van der Waals surface area contributed by atoms with Crippen molar-refractivity contribution in [2.24, 2.45) is 0 Å². The Morgan fingerprint density at radius 1 is 1.53 bits per heavy atom. The van der Waals surface area contributed by atoms with E-state index in [1.165, 1.54) is 5.56 Å². The highest BCUT2D eigenvalue weighted by molar-refractivity contribution is 5.85. The largest absolute Gasteiger partial charge is 0.394 e. The molecule has 1 aromatic rings. The second kappa shape index (κ2) is 5.72. The predicted octanol–water partition coefficient (Wildman–Crippen LogP) is 1.15. The summed E-state index contributed by atoms with van der Waals surface area (Å²) in [5, 5.41) is 15.6. The maximum absolute atomic E-state index is 12.4. The van der Waals surface area contributed by atoms with Crippen molar-refractivity contribution in [2.45, 2.75) is 38.3 Å². The molecule has 0 spiro atoms. The van der Waals surface area contributed by atoms with E-state index in [2.05, 4.69) is 10.6 Å². The molecule has 0 radical (unpaired) electrons. The van der Waals surface area contributed by atoms with E-state index in [0.717, 1.165) is 12.1 Å². The van der Waals surface area contributed by atoms with Gasteiger partial charge in [0, 0.05) is 13.1 Å². The van der Waals surface area contributed by atoms with Crippen LogP contribution in [0.1, 0.15) is 37.3 Å². The van der Waals surface area contributed by atoms with E-state index in [-0.39, 0.29) is 18.4 Å². The van der Waals surface area contributed by atoms with Crippen LogP contribution in [0.2, 0.25) is 0 Å². The number of amides is 1. The van der Waals surface area contributed by atoms with Gasteiger partial charge in [-0.25, -0.2) is 0 Å². The van der Waals surface area contributed by atoms with Crippen LogP contribution >= 0.6 is 0 Å². The second-order valence-electron chi connectivity index (χ2n) is 5.44. The molecule has 2 atom stereocenters. The molecular weight excluding hydrogens is 240 g/mol. The van der Waals surface area contributed by atoms with Gasteiger partial charge in [-0.3, -0.25) is 4.79 Å². The topological polar surface area (TPSA) is 61.4 Å². The summed E-state index contributed by atoms with van der Waals surface area (Å²) in [5.41, 5.74) is 1.73. The van der Waals surface area contributed by atoms with Gasteiger partial charge in [0.15, 0.2) is 0 Å². The van der Waals surface area contributed by atoms with E-state index in [9.17, 15) is 9.90 Å². The third kappa shape index (κ3) is 2.96. The summed E-state index contributed by atoms with van der Waals surface area (Å²) >= 11 is 0. The van der Waals surface area contributed by atoms with Gasteiger partial charge in [0.1, 0.15) is 0 Å². The zero-order chi connectivity index (χ0) is 13.9. The quantitative estimate of drug-likeness (QED) is 0.763. The first-order valence-electron chi connectivity index (χ1n) is 6.81. The molecule has 104 valence electrons. The molecule has 4 nitrogen and oxygen atoms in total. The molecular formula is C15H22N2O2. The van der Waals surface area contributed by atoms with Gasteiger partial charge in [-0.15, -0.1) is 0 Å². The molecule has 1 aromatic carbocycles. The van der Waals surface area contributed by atoms with Gasteiger partial charge < -0.3 is 15.7 Å². The third-order valence-corrected chi connectivity index (χ3v) is 3.97. The Balaban J connectivity index is 2.17. The number of fused-ring (bicyclic) bond motifs is 1. The monoisotopic (exact) mass is 262 g/mol. The van der Waals surface area contributed by atoms with Crippen LogP contribution in [0.4, 0.5) is 0 Å². The van der Waals surface area contributed by atoms with Crippen molar-refractivity contribution < 1.29 is 9.90 Å². The normalized spacial score (nSPS) is 21.3. The van der Waals surface area contributed by atoms with Crippen LogP contribution in [0.5, 0.6) is 0 Å². The van der Waals surface area contributed by atoms with Crippen LogP contribution in [-0.4, -0.2) is 29.7 Å².